The topological polar surface area (TPSA) is 127 Å². The molecule has 2 aromatic rings. The van der Waals surface area contributed by atoms with Crippen molar-refractivity contribution in [2.75, 3.05) is 0 Å². The Kier molecular flexibility index (Phi) is 7.85. The highest BCUT2D eigenvalue weighted by molar-refractivity contribution is 6.10. The molecule has 1 aliphatic heterocycles. The largest absolute Gasteiger partial charge is 0.511 e. The van der Waals surface area contributed by atoms with Crippen LogP contribution in [0.25, 0.3) is 11.1 Å². The van der Waals surface area contributed by atoms with E-state index in [1.807, 2.05) is 31.6 Å². The maximum Gasteiger partial charge on any atom is 0.400 e. The number of rotatable bonds is 7. The Labute approximate surface area is 211 Å². The Morgan fingerprint density at radius 1 is 1.22 bits per heavy atom. The number of aromatic nitrogens is 2. The molecule has 0 saturated heterocycles. The Bertz CT molecular complexity index is 1330. The minimum absolute atomic E-state index is 0.133. The van der Waals surface area contributed by atoms with E-state index in [0.717, 1.165) is 36.2 Å². The third kappa shape index (κ3) is 6.43. The lowest BCUT2D eigenvalue weighted by molar-refractivity contribution is -0.206. The van der Waals surface area contributed by atoms with Crippen LogP contribution < -0.4 is 10.6 Å². The highest BCUT2D eigenvalue weighted by Gasteiger charge is 2.50. The van der Waals surface area contributed by atoms with Gasteiger partial charge in [0.05, 0.1) is 12.6 Å². The second-order valence-electron chi connectivity index (χ2n) is 8.94. The SMILES string of the molecule is Cn1cc(C2=CN/C(=C(\C=N)c3ccc(CC(=O)NC(=N)/C=C(\O)C(C)(C)C(F)(F)F)cc3)C=C2)cn1. The van der Waals surface area contributed by atoms with Gasteiger partial charge >= 0.3 is 6.18 Å². The zero-order chi connectivity index (χ0) is 27.4. The standard InChI is InChI=1S/C26H27F3N6O2/c1-25(2,26(27,28)29)22(36)11-23(31)34-24(37)10-16-4-6-17(7-5-16)20(12-30)21-9-8-18(13-32-21)19-14-33-35(3)15-19/h4-9,11-15,30,32,36H,10H2,1-3H3,(H2,31,34,37)/b21-20+,22-11-,30-12?. The number of nitrogens with zero attached hydrogens (tertiary/aromatic N) is 2. The minimum Gasteiger partial charge on any atom is -0.511 e. The molecule has 0 unspecified atom stereocenters. The van der Waals surface area contributed by atoms with Crippen molar-refractivity contribution >= 4 is 29.1 Å². The van der Waals surface area contributed by atoms with E-state index in [0.29, 0.717) is 17.2 Å². The van der Waals surface area contributed by atoms with Crippen molar-refractivity contribution in [2.24, 2.45) is 12.5 Å². The number of nitrogens with one attached hydrogen (secondary N) is 4. The van der Waals surface area contributed by atoms with Gasteiger partial charge in [0.1, 0.15) is 17.0 Å². The van der Waals surface area contributed by atoms with E-state index >= 15 is 0 Å². The summed E-state index contributed by atoms with van der Waals surface area (Å²) in [4.78, 5) is 12.3. The van der Waals surface area contributed by atoms with Gasteiger partial charge in [0.2, 0.25) is 5.91 Å². The number of halogens is 3. The van der Waals surface area contributed by atoms with E-state index in [2.05, 4.69) is 15.7 Å². The van der Waals surface area contributed by atoms with Crippen LogP contribution in [0.2, 0.25) is 0 Å². The predicted molar refractivity (Wildman–Crippen MR) is 136 cm³/mol. The first kappa shape index (κ1) is 27.2. The van der Waals surface area contributed by atoms with Crippen molar-refractivity contribution in [2.45, 2.75) is 26.4 Å². The molecule has 0 fully saturated rings. The van der Waals surface area contributed by atoms with Gasteiger partial charge in [-0.3, -0.25) is 14.9 Å². The fraction of sp³-hybridized carbons (Fsp3) is 0.231. The maximum absolute atomic E-state index is 13.0. The van der Waals surface area contributed by atoms with Gasteiger partial charge in [0, 0.05) is 54.1 Å². The van der Waals surface area contributed by atoms with Gasteiger partial charge in [-0.1, -0.05) is 30.3 Å². The van der Waals surface area contributed by atoms with Crippen molar-refractivity contribution < 1.29 is 23.1 Å². The summed E-state index contributed by atoms with van der Waals surface area (Å²) in [6.07, 6.45) is 6.20. The molecule has 0 radical (unpaired) electrons. The van der Waals surface area contributed by atoms with Gasteiger partial charge < -0.3 is 21.1 Å². The number of allylic oxidation sites excluding steroid dienone is 5. The van der Waals surface area contributed by atoms with E-state index in [1.165, 1.54) is 6.21 Å². The number of hydrogen-bond acceptors (Lipinski definition) is 6. The van der Waals surface area contributed by atoms with Gasteiger partial charge in [0.15, 0.2) is 0 Å². The number of dihydropyridines is 1. The first-order valence-corrected chi connectivity index (χ1v) is 11.2. The highest BCUT2D eigenvalue weighted by Crippen LogP contribution is 2.42. The molecule has 2 heterocycles. The van der Waals surface area contributed by atoms with Crippen LogP contribution in [0.5, 0.6) is 0 Å². The summed E-state index contributed by atoms with van der Waals surface area (Å²) in [7, 11) is 1.83. The fourth-order valence-electron chi connectivity index (χ4n) is 3.34. The summed E-state index contributed by atoms with van der Waals surface area (Å²) in [5, 5.41) is 34.9. The van der Waals surface area contributed by atoms with Crippen molar-refractivity contribution in [3.05, 3.63) is 89.2 Å². The van der Waals surface area contributed by atoms with Crippen LogP contribution in [0, 0.1) is 16.2 Å². The lowest BCUT2D eigenvalue weighted by atomic mass is 9.89. The van der Waals surface area contributed by atoms with Gasteiger partial charge in [-0.2, -0.15) is 18.3 Å². The number of benzene rings is 1. The van der Waals surface area contributed by atoms with Gasteiger partial charge in [-0.25, -0.2) is 0 Å². The van der Waals surface area contributed by atoms with Gasteiger partial charge in [-0.15, -0.1) is 0 Å². The lowest BCUT2D eigenvalue weighted by Crippen LogP contribution is -2.36. The van der Waals surface area contributed by atoms with E-state index in [1.54, 1.807) is 35.1 Å². The van der Waals surface area contributed by atoms with Crippen molar-refractivity contribution in [1.29, 1.82) is 10.8 Å². The van der Waals surface area contributed by atoms with Crippen LogP contribution in [0.3, 0.4) is 0 Å². The molecular weight excluding hydrogens is 485 g/mol. The van der Waals surface area contributed by atoms with E-state index < -0.39 is 29.1 Å². The number of aliphatic hydroxyl groups excluding tert-OH is 1. The second-order valence-corrected chi connectivity index (χ2v) is 8.94. The highest BCUT2D eigenvalue weighted by atomic mass is 19.4. The Morgan fingerprint density at radius 2 is 1.89 bits per heavy atom. The summed E-state index contributed by atoms with van der Waals surface area (Å²) < 4.78 is 40.8. The number of aliphatic hydroxyl groups is 1. The third-order valence-electron chi connectivity index (χ3n) is 5.82. The monoisotopic (exact) mass is 512 g/mol. The molecule has 8 nitrogen and oxygen atoms in total. The summed E-state index contributed by atoms with van der Waals surface area (Å²) in [6, 6.07) is 6.86. The molecule has 0 spiro atoms. The quantitative estimate of drug-likeness (QED) is 0.210. The second kappa shape index (κ2) is 10.7. The summed E-state index contributed by atoms with van der Waals surface area (Å²) in [5.74, 6) is -2.35. The first-order chi connectivity index (χ1) is 17.3. The molecule has 5 N–H and O–H groups in total. The van der Waals surface area contributed by atoms with Crippen LogP contribution in [0.15, 0.2) is 72.5 Å². The minimum atomic E-state index is -4.72. The Balaban J connectivity index is 1.65. The molecule has 0 aliphatic carbocycles. The average molecular weight is 513 g/mol. The summed E-state index contributed by atoms with van der Waals surface area (Å²) in [6.45, 7) is 1.56. The van der Waals surface area contributed by atoms with Crippen molar-refractivity contribution in [1.82, 2.24) is 20.4 Å². The Morgan fingerprint density at radius 3 is 2.41 bits per heavy atom. The van der Waals surface area contributed by atoms with Crippen molar-refractivity contribution in [3.8, 4) is 0 Å². The van der Waals surface area contributed by atoms with Gasteiger partial charge in [-0.05, 0) is 31.1 Å². The predicted octanol–water partition coefficient (Wildman–Crippen LogP) is 4.65. The van der Waals surface area contributed by atoms with Gasteiger partial charge in [0.25, 0.3) is 0 Å². The summed E-state index contributed by atoms with van der Waals surface area (Å²) in [5.41, 5.74) is 2.01. The molecule has 194 valence electrons. The van der Waals surface area contributed by atoms with Crippen LogP contribution in [-0.2, 0) is 18.3 Å². The average Bonchev–Trinajstić information content (AvgIpc) is 3.26. The Hall–Kier alpha value is -4.41. The normalized spacial score (nSPS) is 15.5. The zero-order valence-corrected chi connectivity index (χ0v) is 20.4. The molecule has 11 heteroatoms. The molecule has 0 atom stereocenters. The maximum atomic E-state index is 13.0. The van der Waals surface area contributed by atoms with E-state index in [9.17, 15) is 23.1 Å². The summed E-state index contributed by atoms with van der Waals surface area (Å²) >= 11 is 0. The molecule has 0 bridgehead atoms. The molecule has 37 heavy (non-hydrogen) atoms. The number of amidine groups is 1. The van der Waals surface area contributed by atoms with Crippen LogP contribution in [-0.4, -0.2) is 39.0 Å². The number of alkyl halides is 3. The van der Waals surface area contributed by atoms with Crippen molar-refractivity contribution in [3.63, 3.8) is 0 Å². The van der Waals surface area contributed by atoms with E-state index in [-0.39, 0.29) is 6.42 Å². The fourth-order valence-corrected chi connectivity index (χ4v) is 3.34. The van der Waals surface area contributed by atoms with E-state index in [4.69, 9.17) is 10.8 Å². The number of carbonyl (C=O) groups excluding carboxylic acids is 1. The molecule has 1 aromatic carbocycles. The lowest BCUT2D eigenvalue weighted by Gasteiger charge is -2.26. The number of hydrogen-bond donors (Lipinski definition) is 5. The number of carbonyl (C=O) groups is 1. The zero-order valence-electron chi connectivity index (χ0n) is 20.4. The molecule has 0 saturated carbocycles. The van der Waals surface area contributed by atoms with Crippen LogP contribution in [0.4, 0.5) is 13.2 Å². The molecule has 3 rings (SSSR count). The third-order valence-corrected chi connectivity index (χ3v) is 5.82. The van der Waals surface area contributed by atoms with Crippen LogP contribution >= 0.6 is 0 Å². The number of aryl methyl sites for hydroxylation is 1. The number of amides is 1. The molecular formula is C26H27F3N6O2. The smallest absolute Gasteiger partial charge is 0.400 e. The molecule has 1 aromatic heterocycles. The first-order valence-electron chi connectivity index (χ1n) is 11.2. The molecule has 1 aliphatic rings. The van der Waals surface area contributed by atoms with Crippen LogP contribution in [0.1, 0.15) is 30.5 Å². The molecule has 1 amide bonds.